The molecule has 0 atom stereocenters. The van der Waals surface area contributed by atoms with Gasteiger partial charge in [-0.15, -0.1) is 0 Å². The normalized spacial score (nSPS) is 12.3. The molecular weight excluding hydrogens is 229 g/mol. The fraction of sp³-hybridized carbons (Fsp3) is 1.00. The number of aliphatic hydroxyl groups is 1. The fourth-order valence-electron chi connectivity index (χ4n) is 1.39. The second kappa shape index (κ2) is 9.14. The molecule has 0 radical (unpaired) electrons. The van der Waals surface area contributed by atoms with Crippen molar-refractivity contribution in [3.8, 4) is 0 Å². The van der Waals surface area contributed by atoms with Gasteiger partial charge in [0.15, 0.2) is 0 Å². The summed E-state index contributed by atoms with van der Waals surface area (Å²) in [5, 5.41) is 8.83. The average molecular weight is 253 g/mol. The molecule has 0 aliphatic carbocycles. The predicted molar refractivity (Wildman–Crippen MR) is 64.9 cm³/mol. The number of nitrogens with zero attached hydrogens (tertiary/aromatic N) is 1. The molecule has 0 fully saturated rings. The summed E-state index contributed by atoms with van der Waals surface area (Å²) in [6.07, 6.45) is 0.377. The van der Waals surface area contributed by atoms with Crippen LogP contribution in [0, 0.1) is 0 Å². The quantitative estimate of drug-likeness (QED) is 0.599. The first-order valence-electron chi connectivity index (χ1n) is 5.83. The van der Waals surface area contributed by atoms with Crippen molar-refractivity contribution in [2.75, 3.05) is 45.6 Å². The van der Waals surface area contributed by atoms with Crippen molar-refractivity contribution in [2.45, 2.75) is 20.8 Å². The van der Waals surface area contributed by atoms with Crippen LogP contribution in [0.15, 0.2) is 0 Å². The van der Waals surface area contributed by atoms with Gasteiger partial charge in [0, 0.05) is 13.1 Å². The minimum absolute atomic E-state index is 0.113. The van der Waals surface area contributed by atoms with Crippen molar-refractivity contribution in [1.82, 2.24) is 4.90 Å². The summed E-state index contributed by atoms with van der Waals surface area (Å²) in [4.78, 5) is 2.02. The summed E-state index contributed by atoms with van der Waals surface area (Å²) < 4.78 is 22.5. The van der Waals surface area contributed by atoms with Crippen LogP contribution in [-0.4, -0.2) is 55.6 Å². The van der Waals surface area contributed by atoms with Crippen LogP contribution in [0.1, 0.15) is 20.8 Å². The topological polar surface area (TPSA) is 59.0 Å². The Morgan fingerprint density at radius 2 is 1.69 bits per heavy atom. The van der Waals surface area contributed by atoms with Crippen LogP contribution >= 0.6 is 7.60 Å². The van der Waals surface area contributed by atoms with E-state index in [0.717, 1.165) is 6.54 Å². The molecule has 0 spiro atoms. The van der Waals surface area contributed by atoms with Crippen molar-refractivity contribution in [1.29, 1.82) is 0 Å². The molecule has 0 aromatic heterocycles. The fourth-order valence-corrected chi connectivity index (χ4v) is 3.04. The zero-order valence-corrected chi connectivity index (χ0v) is 11.4. The molecule has 0 amide bonds. The van der Waals surface area contributed by atoms with Gasteiger partial charge in [0.05, 0.1) is 26.0 Å². The third-order valence-electron chi connectivity index (χ3n) is 2.21. The Bertz CT molecular complexity index is 203. The van der Waals surface area contributed by atoms with Gasteiger partial charge in [-0.2, -0.15) is 0 Å². The van der Waals surface area contributed by atoms with E-state index in [-0.39, 0.29) is 6.61 Å². The highest BCUT2D eigenvalue weighted by Gasteiger charge is 2.23. The second-order valence-corrected chi connectivity index (χ2v) is 5.51. The van der Waals surface area contributed by atoms with E-state index < -0.39 is 7.60 Å². The minimum Gasteiger partial charge on any atom is -0.395 e. The van der Waals surface area contributed by atoms with E-state index in [0.29, 0.717) is 32.5 Å². The molecule has 0 saturated carbocycles. The van der Waals surface area contributed by atoms with Crippen LogP contribution in [0.3, 0.4) is 0 Å². The van der Waals surface area contributed by atoms with E-state index in [2.05, 4.69) is 0 Å². The Morgan fingerprint density at radius 1 is 1.12 bits per heavy atom. The van der Waals surface area contributed by atoms with Gasteiger partial charge >= 0.3 is 7.60 Å². The third-order valence-corrected chi connectivity index (χ3v) is 4.26. The van der Waals surface area contributed by atoms with Crippen molar-refractivity contribution < 1.29 is 18.7 Å². The minimum atomic E-state index is -2.93. The predicted octanol–water partition coefficient (Wildman–Crippen LogP) is 1.57. The zero-order chi connectivity index (χ0) is 12.4. The molecule has 0 aliphatic rings. The first-order valence-corrected chi connectivity index (χ1v) is 7.56. The maximum absolute atomic E-state index is 12.1. The lowest BCUT2D eigenvalue weighted by molar-refractivity contribution is 0.194. The van der Waals surface area contributed by atoms with E-state index in [1.807, 2.05) is 11.8 Å². The van der Waals surface area contributed by atoms with Gasteiger partial charge in [0.2, 0.25) is 0 Å². The first-order chi connectivity index (χ1) is 7.61. The van der Waals surface area contributed by atoms with Crippen molar-refractivity contribution in [2.24, 2.45) is 0 Å². The van der Waals surface area contributed by atoms with E-state index in [9.17, 15) is 4.57 Å². The van der Waals surface area contributed by atoms with Gasteiger partial charge in [-0.05, 0) is 20.4 Å². The Morgan fingerprint density at radius 3 is 2.06 bits per heavy atom. The molecule has 0 bridgehead atoms. The Balaban J connectivity index is 4.13. The highest BCUT2D eigenvalue weighted by Crippen LogP contribution is 2.47. The monoisotopic (exact) mass is 253 g/mol. The van der Waals surface area contributed by atoms with Crippen LogP contribution in [-0.2, 0) is 13.6 Å². The average Bonchev–Trinajstić information content (AvgIpc) is 2.25. The summed E-state index contributed by atoms with van der Waals surface area (Å²) in [5.41, 5.74) is 0. The Labute approximate surface area is 98.3 Å². The van der Waals surface area contributed by atoms with Gasteiger partial charge in [-0.1, -0.05) is 6.92 Å². The number of aliphatic hydroxyl groups excluding tert-OH is 1. The summed E-state index contributed by atoms with van der Waals surface area (Å²) in [6.45, 7) is 8.53. The lowest BCUT2D eigenvalue weighted by Crippen LogP contribution is -2.29. The number of hydrogen-bond donors (Lipinski definition) is 1. The molecule has 0 aromatic carbocycles. The van der Waals surface area contributed by atoms with Crippen molar-refractivity contribution in [3.05, 3.63) is 0 Å². The van der Waals surface area contributed by atoms with E-state index in [1.165, 1.54) is 0 Å². The molecule has 0 heterocycles. The van der Waals surface area contributed by atoms with Gasteiger partial charge in [0.25, 0.3) is 0 Å². The summed E-state index contributed by atoms with van der Waals surface area (Å²) in [5.74, 6) is 0. The zero-order valence-electron chi connectivity index (χ0n) is 10.5. The summed E-state index contributed by atoms with van der Waals surface area (Å²) in [7, 11) is -2.93. The largest absolute Gasteiger partial charge is 0.395 e. The van der Waals surface area contributed by atoms with Gasteiger partial charge in [0.1, 0.15) is 0 Å². The SMILES string of the molecule is CCOP(=O)(CCN(CC)CCO)OCC. The number of hydrogen-bond acceptors (Lipinski definition) is 5. The smallest absolute Gasteiger partial charge is 0.331 e. The molecule has 0 aliphatic heterocycles. The van der Waals surface area contributed by atoms with Gasteiger partial charge < -0.3 is 19.1 Å². The first kappa shape index (κ1) is 16.1. The molecule has 16 heavy (non-hydrogen) atoms. The van der Waals surface area contributed by atoms with Crippen LogP contribution in [0.4, 0.5) is 0 Å². The third kappa shape index (κ3) is 6.61. The maximum atomic E-state index is 12.1. The van der Waals surface area contributed by atoms with Crippen molar-refractivity contribution in [3.63, 3.8) is 0 Å². The highest BCUT2D eigenvalue weighted by atomic mass is 31.2. The Kier molecular flexibility index (Phi) is 9.18. The van der Waals surface area contributed by atoms with Crippen LogP contribution in [0.25, 0.3) is 0 Å². The van der Waals surface area contributed by atoms with E-state index in [1.54, 1.807) is 13.8 Å². The Hall–Kier alpha value is 0.0700. The van der Waals surface area contributed by atoms with E-state index >= 15 is 0 Å². The van der Waals surface area contributed by atoms with Crippen LogP contribution < -0.4 is 0 Å². The maximum Gasteiger partial charge on any atom is 0.331 e. The van der Waals surface area contributed by atoms with Crippen molar-refractivity contribution >= 4 is 7.60 Å². The molecule has 5 nitrogen and oxygen atoms in total. The molecule has 0 aromatic rings. The lowest BCUT2D eigenvalue weighted by Gasteiger charge is -2.22. The highest BCUT2D eigenvalue weighted by molar-refractivity contribution is 7.53. The van der Waals surface area contributed by atoms with Crippen LogP contribution in [0.5, 0.6) is 0 Å². The van der Waals surface area contributed by atoms with Gasteiger partial charge in [-0.3, -0.25) is 4.57 Å². The van der Waals surface area contributed by atoms with Gasteiger partial charge in [-0.25, -0.2) is 0 Å². The standard InChI is InChI=1S/C10H24NO4P/c1-4-11(7-9-12)8-10-16(13,14-5-2)15-6-3/h12H,4-10H2,1-3H3. The molecular formula is C10H24NO4P. The van der Waals surface area contributed by atoms with Crippen LogP contribution in [0.2, 0.25) is 0 Å². The molecule has 0 rings (SSSR count). The molecule has 0 unspecified atom stereocenters. The molecule has 98 valence electrons. The lowest BCUT2D eigenvalue weighted by atomic mass is 10.5. The molecule has 6 heteroatoms. The molecule has 0 saturated heterocycles. The molecule has 1 N–H and O–H groups in total. The van der Waals surface area contributed by atoms with E-state index in [4.69, 9.17) is 14.2 Å². The number of likely N-dealkylation sites (N-methyl/N-ethyl adjacent to an activating group) is 1. The second-order valence-electron chi connectivity index (χ2n) is 3.33. The summed E-state index contributed by atoms with van der Waals surface area (Å²) in [6, 6.07) is 0. The summed E-state index contributed by atoms with van der Waals surface area (Å²) >= 11 is 0. The number of rotatable bonds is 10.